The number of piperidine rings is 1. The van der Waals surface area contributed by atoms with E-state index in [1.54, 1.807) is 7.11 Å². The van der Waals surface area contributed by atoms with Crippen LogP contribution in [0.2, 0.25) is 0 Å². The van der Waals surface area contributed by atoms with Gasteiger partial charge in [-0.1, -0.05) is 24.3 Å². The Bertz CT molecular complexity index is 1170. The number of amides is 1. The summed E-state index contributed by atoms with van der Waals surface area (Å²) in [6, 6.07) is 11.7. The van der Waals surface area contributed by atoms with Crippen molar-refractivity contribution in [1.29, 1.82) is 0 Å². The lowest BCUT2D eigenvalue weighted by Gasteiger charge is -2.26. The van der Waals surface area contributed by atoms with Gasteiger partial charge in [-0.25, -0.2) is 0 Å². The Hall–Kier alpha value is -3.26. The highest BCUT2D eigenvalue weighted by Crippen LogP contribution is 2.38. The lowest BCUT2D eigenvalue weighted by Crippen LogP contribution is -2.38. The molecule has 0 bridgehead atoms. The number of hydrogen-bond donors (Lipinski definition) is 1. The van der Waals surface area contributed by atoms with E-state index in [1.165, 1.54) is 11.7 Å². The van der Waals surface area contributed by atoms with Gasteiger partial charge in [-0.15, -0.1) is 0 Å². The molecule has 5 rings (SSSR count). The van der Waals surface area contributed by atoms with Crippen LogP contribution in [0.5, 0.6) is 11.5 Å². The number of fused-ring (bicyclic) bond motifs is 2. The van der Waals surface area contributed by atoms with Crippen LogP contribution in [0.1, 0.15) is 23.5 Å². The minimum atomic E-state index is -0.0252. The maximum absolute atomic E-state index is 12.1. The number of carbonyl (C=O) groups excluding carboxylic acids is 1. The van der Waals surface area contributed by atoms with E-state index in [1.807, 2.05) is 36.4 Å². The molecule has 0 saturated carbocycles. The van der Waals surface area contributed by atoms with Crippen molar-refractivity contribution >= 4 is 34.5 Å². The number of methoxy groups -OCH3 is 1. The predicted molar refractivity (Wildman–Crippen MR) is 111 cm³/mol. The minimum absolute atomic E-state index is 0.0166. The Morgan fingerprint density at radius 1 is 1.21 bits per heavy atom. The fourth-order valence-electron chi connectivity index (χ4n) is 3.77. The first-order valence-corrected chi connectivity index (χ1v) is 10.0. The van der Waals surface area contributed by atoms with Gasteiger partial charge in [0.05, 0.1) is 25.4 Å². The van der Waals surface area contributed by atoms with Crippen molar-refractivity contribution in [2.24, 2.45) is 4.99 Å². The van der Waals surface area contributed by atoms with E-state index in [9.17, 15) is 4.79 Å². The van der Waals surface area contributed by atoms with Gasteiger partial charge in [0.15, 0.2) is 11.5 Å². The minimum Gasteiger partial charge on any atom is -0.493 e. The van der Waals surface area contributed by atoms with E-state index in [-0.39, 0.29) is 11.8 Å². The molecule has 1 atom stereocenters. The SMILES string of the molecule is COc1cc(C2CC(=O)NC3=NCC=C32)ccc1OCc1cccc2nsnc12. The van der Waals surface area contributed by atoms with Gasteiger partial charge in [-0.3, -0.25) is 9.79 Å². The van der Waals surface area contributed by atoms with Crippen LogP contribution < -0.4 is 14.8 Å². The molecule has 8 heteroatoms. The van der Waals surface area contributed by atoms with Gasteiger partial charge in [-0.2, -0.15) is 8.75 Å². The zero-order valence-electron chi connectivity index (χ0n) is 15.7. The van der Waals surface area contributed by atoms with E-state index in [0.29, 0.717) is 36.9 Å². The Morgan fingerprint density at radius 3 is 3.03 bits per heavy atom. The molecule has 3 aromatic rings. The second-order valence-corrected chi connectivity index (χ2v) is 7.43. The maximum Gasteiger partial charge on any atom is 0.226 e. The third-order valence-electron chi connectivity index (χ3n) is 5.20. The van der Waals surface area contributed by atoms with Crippen LogP contribution in [-0.4, -0.2) is 34.1 Å². The number of nitrogens with zero attached hydrogens (tertiary/aromatic N) is 3. The van der Waals surface area contributed by atoms with Crippen molar-refractivity contribution in [3.63, 3.8) is 0 Å². The van der Waals surface area contributed by atoms with Gasteiger partial charge in [0.25, 0.3) is 0 Å². The first kappa shape index (κ1) is 17.8. The fraction of sp³-hybridized carbons (Fsp3) is 0.238. The molecule has 0 aliphatic carbocycles. The second kappa shape index (κ2) is 7.29. The van der Waals surface area contributed by atoms with Crippen LogP contribution in [0.4, 0.5) is 0 Å². The molecular weight excluding hydrogens is 388 g/mol. The average molecular weight is 406 g/mol. The van der Waals surface area contributed by atoms with Crippen LogP contribution in [-0.2, 0) is 11.4 Å². The van der Waals surface area contributed by atoms with Crippen LogP contribution in [0.25, 0.3) is 11.0 Å². The highest BCUT2D eigenvalue weighted by Gasteiger charge is 2.32. The standard InChI is InChI=1S/C21H18N4O3S/c1-27-18-9-12(15-10-19(26)23-21-14(15)7-8-22-21)5-6-17(18)28-11-13-3-2-4-16-20(13)25-29-24-16/h2-7,9,15H,8,10-11H2,1H3,(H,22,23,26). The molecule has 2 aliphatic heterocycles. The number of nitrogens with one attached hydrogen (secondary N) is 1. The number of hydrogen-bond acceptors (Lipinski definition) is 7. The lowest BCUT2D eigenvalue weighted by molar-refractivity contribution is -0.120. The predicted octanol–water partition coefficient (Wildman–Crippen LogP) is 3.22. The number of rotatable bonds is 5. The Labute approximate surface area is 171 Å². The summed E-state index contributed by atoms with van der Waals surface area (Å²) in [7, 11) is 1.62. The average Bonchev–Trinajstić information content (AvgIpc) is 3.40. The molecule has 3 heterocycles. The van der Waals surface area contributed by atoms with Crippen molar-refractivity contribution in [3.8, 4) is 11.5 Å². The van der Waals surface area contributed by atoms with E-state index < -0.39 is 0 Å². The molecule has 0 spiro atoms. The highest BCUT2D eigenvalue weighted by molar-refractivity contribution is 7.00. The third kappa shape index (κ3) is 3.25. The van der Waals surface area contributed by atoms with Crippen LogP contribution in [0.15, 0.2) is 53.0 Å². The Balaban J connectivity index is 1.40. The van der Waals surface area contributed by atoms with Gasteiger partial charge in [0.1, 0.15) is 23.5 Å². The summed E-state index contributed by atoms with van der Waals surface area (Å²) in [6.45, 7) is 0.975. The molecule has 7 nitrogen and oxygen atoms in total. The molecule has 1 aromatic heterocycles. The molecule has 0 radical (unpaired) electrons. The summed E-state index contributed by atoms with van der Waals surface area (Å²) in [5.41, 5.74) is 4.79. The second-order valence-electron chi connectivity index (χ2n) is 6.90. The molecule has 1 N–H and O–H groups in total. The summed E-state index contributed by atoms with van der Waals surface area (Å²) in [5, 5.41) is 2.85. The number of aliphatic imine (C=N–C) groups is 1. The summed E-state index contributed by atoms with van der Waals surface area (Å²) in [5.74, 6) is 1.93. The number of benzene rings is 2. The monoisotopic (exact) mass is 406 g/mol. The topological polar surface area (TPSA) is 85.7 Å². The normalized spacial score (nSPS) is 18.1. The van der Waals surface area contributed by atoms with Crippen molar-refractivity contribution in [2.75, 3.05) is 13.7 Å². The molecule has 29 heavy (non-hydrogen) atoms. The maximum atomic E-state index is 12.1. The summed E-state index contributed by atoms with van der Waals surface area (Å²) in [6.07, 6.45) is 2.46. The largest absolute Gasteiger partial charge is 0.493 e. The molecular formula is C21H18N4O3S. The van der Waals surface area contributed by atoms with Crippen molar-refractivity contribution in [2.45, 2.75) is 18.9 Å². The Kier molecular flexibility index (Phi) is 4.48. The number of carbonyl (C=O) groups is 1. The van der Waals surface area contributed by atoms with Gasteiger partial charge in [0, 0.05) is 23.5 Å². The van der Waals surface area contributed by atoms with E-state index in [0.717, 1.165) is 27.7 Å². The Morgan fingerprint density at radius 2 is 2.14 bits per heavy atom. The van der Waals surface area contributed by atoms with Crippen molar-refractivity contribution in [3.05, 3.63) is 59.2 Å². The number of ether oxygens (including phenoxy) is 2. The smallest absolute Gasteiger partial charge is 0.226 e. The van der Waals surface area contributed by atoms with Gasteiger partial charge >= 0.3 is 0 Å². The highest BCUT2D eigenvalue weighted by atomic mass is 32.1. The van der Waals surface area contributed by atoms with Gasteiger partial charge in [-0.05, 0) is 23.8 Å². The van der Waals surface area contributed by atoms with Gasteiger partial charge < -0.3 is 14.8 Å². The first-order chi connectivity index (χ1) is 14.2. The molecule has 2 aromatic carbocycles. The number of aromatic nitrogens is 2. The fourth-order valence-corrected chi connectivity index (χ4v) is 4.34. The van der Waals surface area contributed by atoms with E-state index in [4.69, 9.17) is 9.47 Å². The van der Waals surface area contributed by atoms with E-state index >= 15 is 0 Å². The zero-order chi connectivity index (χ0) is 19.8. The first-order valence-electron chi connectivity index (χ1n) is 9.28. The lowest BCUT2D eigenvalue weighted by atomic mass is 9.85. The zero-order valence-corrected chi connectivity index (χ0v) is 16.5. The molecule has 1 unspecified atom stereocenters. The molecule has 1 fully saturated rings. The van der Waals surface area contributed by atoms with Crippen LogP contribution in [0, 0.1) is 0 Å². The molecule has 2 aliphatic rings. The van der Waals surface area contributed by atoms with Crippen LogP contribution >= 0.6 is 11.7 Å². The third-order valence-corrected chi connectivity index (χ3v) is 5.74. The molecule has 1 amide bonds. The quantitative estimate of drug-likeness (QED) is 0.703. The van der Waals surface area contributed by atoms with Crippen molar-refractivity contribution < 1.29 is 14.3 Å². The van der Waals surface area contributed by atoms with Gasteiger partial charge in [0.2, 0.25) is 5.91 Å². The van der Waals surface area contributed by atoms with Crippen molar-refractivity contribution in [1.82, 2.24) is 14.1 Å². The summed E-state index contributed by atoms with van der Waals surface area (Å²) < 4.78 is 20.2. The van der Waals surface area contributed by atoms with Crippen LogP contribution in [0.3, 0.4) is 0 Å². The molecule has 146 valence electrons. The number of amidine groups is 1. The summed E-state index contributed by atoms with van der Waals surface area (Å²) in [4.78, 5) is 16.4. The molecule has 1 saturated heterocycles. The van der Waals surface area contributed by atoms with E-state index in [2.05, 4.69) is 25.1 Å². The summed E-state index contributed by atoms with van der Waals surface area (Å²) >= 11 is 1.19.